The van der Waals surface area contributed by atoms with Crippen LogP contribution in [-0.2, 0) is 0 Å². The molecule has 1 rings (SSSR count). The van der Waals surface area contributed by atoms with Gasteiger partial charge in [-0.25, -0.2) is 0 Å². The Hall–Kier alpha value is -1.51. The monoisotopic (exact) mass is 249 g/mol. The molecule has 18 heavy (non-hydrogen) atoms. The molecule has 0 unspecified atom stereocenters. The van der Waals surface area contributed by atoms with Crippen LogP contribution in [0.5, 0.6) is 5.75 Å². The highest BCUT2D eigenvalue weighted by Gasteiger charge is 2.05. The van der Waals surface area contributed by atoms with Gasteiger partial charge in [-0.1, -0.05) is 38.7 Å². The van der Waals surface area contributed by atoms with Crippen LogP contribution in [0.4, 0.5) is 0 Å². The van der Waals surface area contributed by atoms with Crippen molar-refractivity contribution in [2.75, 3.05) is 13.7 Å². The van der Waals surface area contributed by atoms with Crippen molar-refractivity contribution in [2.24, 2.45) is 0 Å². The largest absolute Gasteiger partial charge is 0.497 e. The van der Waals surface area contributed by atoms with Gasteiger partial charge in [-0.3, -0.25) is 4.79 Å². The molecule has 0 aliphatic carbocycles. The lowest BCUT2D eigenvalue weighted by molar-refractivity contribution is 0.0952. The summed E-state index contributed by atoms with van der Waals surface area (Å²) in [6, 6.07) is 7.22. The van der Waals surface area contributed by atoms with Gasteiger partial charge < -0.3 is 10.1 Å². The number of benzene rings is 1. The maximum Gasteiger partial charge on any atom is 0.251 e. The van der Waals surface area contributed by atoms with Crippen LogP contribution >= 0.6 is 0 Å². The Morgan fingerprint density at radius 1 is 1.22 bits per heavy atom. The number of carbonyl (C=O) groups is 1. The van der Waals surface area contributed by atoms with Crippen LogP contribution in [0.3, 0.4) is 0 Å². The highest BCUT2D eigenvalue weighted by molar-refractivity contribution is 5.94. The molecule has 0 atom stereocenters. The molecule has 1 N–H and O–H groups in total. The normalized spacial score (nSPS) is 10.1. The number of amides is 1. The first-order chi connectivity index (χ1) is 8.77. The van der Waals surface area contributed by atoms with E-state index in [4.69, 9.17) is 4.74 Å². The molecular weight excluding hydrogens is 226 g/mol. The number of carbonyl (C=O) groups excluding carboxylic acids is 1. The lowest BCUT2D eigenvalue weighted by Gasteiger charge is -2.06. The Bertz CT molecular complexity index is 363. The molecule has 0 bridgehead atoms. The number of hydrogen-bond donors (Lipinski definition) is 1. The molecule has 1 amide bonds. The van der Waals surface area contributed by atoms with Gasteiger partial charge in [0.25, 0.3) is 5.91 Å². The smallest absolute Gasteiger partial charge is 0.251 e. The molecule has 1 aromatic rings. The van der Waals surface area contributed by atoms with Crippen molar-refractivity contribution in [1.82, 2.24) is 5.32 Å². The van der Waals surface area contributed by atoms with Gasteiger partial charge >= 0.3 is 0 Å². The van der Waals surface area contributed by atoms with Gasteiger partial charge in [0, 0.05) is 12.1 Å². The Morgan fingerprint density at radius 2 is 2.00 bits per heavy atom. The molecule has 0 saturated carbocycles. The summed E-state index contributed by atoms with van der Waals surface area (Å²) in [7, 11) is 1.60. The topological polar surface area (TPSA) is 38.3 Å². The predicted molar refractivity (Wildman–Crippen MR) is 74.1 cm³/mol. The summed E-state index contributed by atoms with van der Waals surface area (Å²) in [6.07, 6.45) is 6.02. The number of rotatable bonds is 8. The molecule has 0 heterocycles. The summed E-state index contributed by atoms with van der Waals surface area (Å²) in [6.45, 7) is 2.95. The zero-order valence-electron chi connectivity index (χ0n) is 11.4. The second kappa shape index (κ2) is 8.56. The van der Waals surface area contributed by atoms with Crippen LogP contribution in [0.2, 0.25) is 0 Å². The van der Waals surface area contributed by atoms with E-state index in [-0.39, 0.29) is 5.91 Å². The number of methoxy groups -OCH3 is 1. The summed E-state index contributed by atoms with van der Waals surface area (Å²) in [4.78, 5) is 11.8. The molecule has 0 aromatic heterocycles. The van der Waals surface area contributed by atoms with Crippen molar-refractivity contribution in [2.45, 2.75) is 39.0 Å². The van der Waals surface area contributed by atoms with E-state index in [1.54, 1.807) is 19.2 Å². The first kappa shape index (κ1) is 14.6. The molecule has 0 aliphatic heterocycles. The van der Waals surface area contributed by atoms with Gasteiger partial charge in [-0.05, 0) is 24.6 Å². The van der Waals surface area contributed by atoms with Crippen molar-refractivity contribution in [3.8, 4) is 5.75 Å². The highest BCUT2D eigenvalue weighted by Crippen LogP contribution is 2.12. The van der Waals surface area contributed by atoms with E-state index in [1.165, 1.54) is 25.7 Å². The molecule has 0 spiro atoms. The van der Waals surface area contributed by atoms with Gasteiger partial charge in [0.1, 0.15) is 5.75 Å². The number of nitrogens with one attached hydrogen (secondary N) is 1. The molecule has 1 aromatic carbocycles. The Labute approximate surface area is 110 Å². The van der Waals surface area contributed by atoms with Crippen LogP contribution in [0, 0.1) is 0 Å². The fourth-order valence-corrected chi connectivity index (χ4v) is 1.80. The predicted octanol–water partition coefficient (Wildman–Crippen LogP) is 3.40. The van der Waals surface area contributed by atoms with E-state index < -0.39 is 0 Å². The third kappa shape index (κ3) is 5.21. The van der Waals surface area contributed by atoms with E-state index in [9.17, 15) is 4.79 Å². The summed E-state index contributed by atoms with van der Waals surface area (Å²) < 4.78 is 5.09. The lowest BCUT2D eigenvalue weighted by atomic mass is 10.1. The van der Waals surface area contributed by atoms with E-state index in [0.717, 1.165) is 13.0 Å². The first-order valence-electron chi connectivity index (χ1n) is 6.70. The van der Waals surface area contributed by atoms with Crippen LogP contribution in [0.1, 0.15) is 49.4 Å². The van der Waals surface area contributed by atoms with Gasteiger partial charge in [0.2, 0.25) is 0 Å². The SMILES string of the molecule is CCCCCCCNC(=O)c1cccc(OC)c1. The maximum atomic E-state index is 11.8. The number of unbranched alkanes of at least 4 members (excludes halogenated alkanes) is 4. The van der Waals surface area contributed by atoms with Crippen LogP contribution in [-0.4, -0.2) is 19.6 Å². The third-order valence-corrected chi connectivity index (χ3v) is 2.90. The van der Waals surface area contributed by atoms with Crippen LogP contribution in [0.25, 0.3) is 0 Å². The van der Waals surface area contributed by atoms with Gasteiger partial charge in [0.05, 0.1) is 7.11 Å². The Morgan fingerprint density at radius 3 is 2.72 bits per heavy atom. The summed E-state index contributed by atoms with van der Waals surface area (Å²) in [5.74, 6) is 0.690. The van der Waals surface area contributed by atoms with Crippen molar-refractivity contribution in [1.29, 1.82) is 0 Å². The van der Waals surface area contributed by atoms with Crippen molar-refractivity contribution in [3.63, 3.8) is 0 Å². The zero-order valence-corrected chi connectivity index (χ0v) is 11.4. The molecule has 100 valence electrons. The quantitative estimate of drug-likeness (QED) is 0.717. The molecule has 0 fully saturated rings. The van der Waals surface area contributed by atoms with Gasteiger partial charge in [0.15, 0.2) is 0 Å². The second-order valence-electron chi connectivity index (χ2n) is 4.40. The lowest BCUT2D eigenvalue weighted by Crippen LogP contribution is -2.24. The molecule has 3 heteroatoms. The number of hydrogen-bond acceptors (Lipinski definition) is 2. The van der Waals surface area contributed by atoms with Crippen LogP contribution < -0.4 is 10.1 Å². The summed E-state index contributed by atoms with van der Waals surface area (Å²) in [5.41, 5.74) is 0.655. The Balaban J connectivity index is 2.27. The minimum atomic E-state index is -0.0237. The fourth-order valence-electron chi connectivity index (χ4n) is 1.80. The van der Waals surface area contributed by atoms with Gasteiger partial charge in [-0.15, -0.1) is 0 Å². The van der Waals surface area contributed by atoms with Crippen molar-refractivity contribution >= 4 is 5.91 Å². The summed E-state index contributed by atoms with van der Waals surface area (Å²) >= 11 is 0. The second-order valence-corrected chi connectivity index (χ2v) is 4.40. The standard InChI is InChI=1S/C15H23NO2/c1-3-4-5-6-7-11-16-15(17)13-9-8-10-14(12-13)18-2/h8-10,12H,3-7,11H2,1-2H3,(H,16,17). The minimum Gasteiger partial charge on any atom is -0.497 e. The Kier molecular flexibility index (Phi) is 6.92. The van der Waals surface area contributed by atoms with E-state index in [2.05, 4.69) is 12.2 Å². The zero-order chi connectivity index (χ0) is 13.2. The minimum absolute atomic E-state index is 0.0237. The molecule has 0 radical (unpaired) electrons. The van der Waals surface area contributed by atoms with Crippen LogP contribution in [0.15, 0.2) is 24.3 Å². The fraction of sp³-hybridized carbons (Fsp3) is 0.533. The average Bonchev–Trinajstić information content (AvgIpc) is 2.42. The van der Waals surface area contributed by atoms with Gasteiger partial charge in [-0.2, -0.15) is 0 Å². The van der Waals surface area contributed by atoms with E-state index >= 15 is 0 Å². The first-order valence-corrected chi connectivity index (χ1v) is 6.70. The molecule has 3 nitrogen and oxygen atoms in total. The van der Waals surface area contributed by atoms with Crippen molar-refractivity contribution in [3.05, 3.63) is 29.8 Å². The van der Waals surface area contributed by atoms with Crippen molar-refractivity contribution < 1.29 is 9.53 Å². The maximum absolute atomic E-state index is 11.8. The third-order valence-electron chi connectivity index (χ3n) is 2.90. The number of ether oxygens (including phenoxy) is 1. The summed E-state index contributed by atoms with van der Waals surface area (Å²) in [5, 5.41) is 2.93. The van der Waals surface area contributed by atoms with E-state index in [1.807, 2.05) is 12.1 Å². The molecule has 0 aliphatic rings. The molecular formula is C15H23NO2. The highest BCUT2D eigenvalue weighted by atomic mass is 16.5. The average molecular weight is 249 g/mol. The molecule has 0 saturated heterocycles. The van der Waals surface area contributed by atoms with E-state index in [0.29, 0.717) is 11.3 Å².